The van der Waals surface area contributed by atoms with Gasteiger partial charge in [-0.2, -0.15) is 15.8 Å². The zero-order valence-corrected chi connectivity index (χ0v) is 11.4. The van der Waals surface area contributed by atoms with Crippen LogP contribution in [0.4, 0.5) is 0 Å². The topological polar surface area (TPSA) is 128 Å². The van der Waals surface area contributed by atoms with Gasteiger partial charge in [0.2, 0.25) is 5.88 Å². The van der Waals surface area contributed by atoms with E-state index in [1.165, 1.54) is 6.92 Å². The van der Waals surface area contributed by atoms with E-state index in [4.69, 9.17) is 31.1 Å². The zero-order valence-electron chi connectivity index (χ0n) is 11.4. The molecule has 1 aliphatic heterocycles. The first kappa shape index (κ1) is 15.1. The Morgan fingerprint density at radius 2 is 2.00 bits per heavy atom. The third-order valence-corrected chi connectivity index (χ3v) is 2.73. The monoisotopic (exact) mass is 271 g/mol. The highest BCUT2D eigenvalue weighted by Gasteiger charge is 2.47. The van der Waals surface area contributed by atoms with Crippen LogP contribution in [0.5, 0.6) is 0 Å². The van der Waals surface area contributed by atoms with E-state index in [1.54, 1.807) is 19.1 Å². The van der Waals surface area contributed by atoms with Crippen molar-refractivity contribution in [1.82, 2.24) is 0 Å². The third-order valence-electron chi connectivity index (χ3n) is 2.73. The molecule has 0 amide bonds. The quantitative estimate of drug-likeness (QED) is 0.471. The largest absolute Gasteiger partial charge is 0.430 e. The first-order valence-corrected chi connectivity index (χ1v) is 5.79. The molecule has 1 aliphatic rings. The van der Waals surface area contributed by atoms with Crippen molar-refractivity contribution < 1.29 is 9.57 Å². The lowest BCUT2D eigenvalue weighted by molar-refractivity contribution is -0.165. The van der Waals surface area contributed by atoms with Crippen LogP contribution in [-0.2, 0) is 9.57 Å². The summed E-state index contributed by atoms with van der Waals surface area (Å²) in [5, 5.41) is 30.9. The predicted octanol–water partition coefficient (Wildman–Crippen LogP) is 1.57. The van der Waals surface area contributed by atoms with Crippen LogP contribution in [-0.4, -0.2) is 11.5 Å². The van der Waals surface area contributed by atoms with E-state index in [0.29, 0.717) is 12.1 Å². The van der Waals surface area contributed by atoms with E-state index in [2.05, 4.69) is 5.16 Å². The minimum absolute atomic E-state index is 0.00449. The molecule has 0 fully saturated rings. The van der Waals surface area contributed by atoms with Gasteiger partial charge in [-0.15, -0.1) is 0 Å². The molecule has 0 aromatic rings. The summed E-state index contributed by atoms with van der Waals surface area (Å²) in [6.07, 6.45) is 0.659. The summed E-state index contributed by atoms with van der Waals surface area (Å²) in [6, 6.07) is 5.22. The van der Waals surface area contributed by atoms with Crippen LogP contribution in [0.15, 0.2) is 27.8 Å². The van der Waals surface area contributed by atoms with Crippen molar-refractivity contribution in [1.29, 1.82) is 15.8 Å². The molecule has 2 N–H and O–H groups in total. The maximum Gasteiger partial charge on any atom is 0.304 e. The Kier molecular flexibility index (Phi) is 4.35. The summed E-state index contributed by atoms with van der Waals surface area (Å²) < 4.78 is 5.29. The Bertz CT molecular complexity index is 623. The van der Waals surface area contributed by atoms with Crippen LogP contribution in [0, 0.1) is 34.0 Å². The molecule has 1 rings (SSSR count). The number of nitrogens with zero attached hydrogens (tertiary/aromatic N) is 4. The van der Waals surface area contributed by atoms with Gasteiger partial charge in [-0.25, -0.2) is 0 Å². The Labute approximate surface area is 116 Å². The molecule has 0 saturated carbocycles. The summed E-state index contributed by atoms with van der Waals surface area (Å²) >= 11 is 0. The fourth-order valence-corrected chi connectivity index (χ4v) is 1.56. The fourth-order valence-electron chi connectivity index (χ4n) is 1.56. The summed E-state index contributed by atoms with van der Waals surface area (Å²) in [5.41, 5.74) is 5.89. The smallest absolute Gasteiger partial charge is 0.304 e. The van der Waals surface area contributed by atoms with Crippen molar-refractivity contribution >= 4 is 5.71 Å². The van der Waals surface area contributed by atoms with Gasteiger partial charge < -0.3 is 15.3 Å². The zero-order chi connectivity index (χ0) is 15.3. The predicted molar refractivity (Wildman–Crippen MR) is 69.1 cm³/mol. The van der Waals surface area contributed by atoms with E-state index in [-0.39, 0.29) is 22.6 Å². The molecule has 0 spiro atoms. The molecular weight excluding hydrogens is 258 g/mol. The van der Waals surface area contributed by atoms with Gasteiger partial charge in [0, 0.05) is 6.92 Å². The van der Waals surface area contributed by atoms with Crippen molar-refractivity contribution in [3.05, 3.63) is 22.6 Å². The molecule has 0 radical (unpaired) electrons. The molecule has 0 saturated heterocycles. The molecule has 20 heavy (non-hydrogen) atoms. The normalized spacial score (nSPS) is 21.6. The van der Waals surface area contributed by atoms with Gasteiger partial charge in [0.25, 0.3) is 0 Å². The molecule has 0 aromatic carbocycles. The highest BCUT2D eigenvalue weighted by atomic mass is 16.8. The molecular formula is C13H13N5O2. The average molecular weight is 271 g/mol. The first-order chi connectivity index (χ1) is 9.43. The average Bonchev–Trinajstić information content (AvgIpc) is 2.69. The third kappa shape index (κ3) is 2.55. The van der Waals surface area contributed by atoms with Gasteiger partial charge in [-0.1, -0.05) is 12.1 Å². The lowest BCUT2D eigenvalue weighted by Gasteiger charge is -2.23. The van der Waals surface area contributed by atoms with Crippen molar-refractivity contribution in [3.8, 4) is 18.2 Å². The van der Waals surface area contributed by atoms with Crippen LogP contribution < -0.4 is 5.73 Å². The van der Waals surface area contributed by atoms with Gasteiger partial charge in [0.05, 0.1) is 11.3 Å². The van der Waals surface area contributed by atoms with E-state index >= 15 is 0 Å². The Morgan fingerprint density at radius 3 is 2.45 bits per heavy atom. The van der Waals surface area contributed by atoms with Crippen molar-refractivity contribution in [2.45, 2.75) is 33.0 Å². The molecule has 7 nitrogen and oxygen atoms in total. The minimum Gasteiger partial charge on any atom is -0.430 e. The number of oxime groups is 1. The Hall–Kier alpha value is -2.98. The van der Waals surface area contributed by atoms with E-state index in [0.717, 1.165) is 0 Å². The highest BCUT2D eigenvalue weighted by Crippen LogP contribution is 2.39. The fraction of sp³-hybridized carbons (Fsp3) is 0.385. The molecule has 1 heterocycles. The Balaban J connectivity index is 3.38. The summed E-state index contributed by atoms with van der Waals surface area (Å²) in [5.74, 6) is -1.76. The van der Waals surface area contributed by atoms with Crippen molar-refractivity contribution in [2.75, 3.05) is 0 Å². The van der Waals surface area contributed by atoms with Gasteiger partial charge in [-0.05, 0) is 13.3 Å². The highest BCUT2D eigenvalue weighted by molar-refractivity contribution is 5.80. The van der Waals surface area contributed by atoms with Gasteiger partial charge in [-0.3, -0.25) is 0 Å². The Morgan fingerprint density at radius 1 is 1.40 bits per heavy atom. The molecule has 0 bridgehead atoms. The number of nitrogens with two attached hydrogens (primary N) is 1. The van der Waals surface area contributed by atoms with E-state index in [1.807, 2.05) is 13.0 Å². The number of hydrogen-bond donors (Lipinski definition) is 1. The lowest BCUT2D eigenvalue weighted by Crippen LogP contribution is -2.30. The van der Waals surface area contributed by atoms with Gasteiger partial charge >= 0.3 is 5.79 Å². The lowest BCUT2D eigenvalue weighted by atomic mass is 9.97. The van der Waals surface area contributed by atoms with Gasteiger partial charge in [0.1, 0.15) is 29.4 Å². The van der Waals surface area contributed by atoms with E-state index < -0.39 is 5.79 Å². The standard InChI is InChI=1S/C13H13N5O2/c1-4-8(2)18-20-13(3)11(9(5-14)6-15)10(7-16)12(17)19-13/h4,17H2,1-3H3/b18-8+. The van der Waals surface area contributed by atoms with Crippen LogP contribution in [0.3, 0.4) is 0 Å². The first-order valence-electron chi connectivity index (χ1n) is 5.79. The van der Waals surface area contributed by atoms with Crippen LogP contribution >= 0.6 is 0 Å². The molecule has 1 unspecified atom stereocenters. The summed E-state index contributed by atoms with van der Waals surface area (Å²) in [4.78, 5) is 5.28. The number of allylic oxidation sites excluding steroid dienone is 1. The van der Waals surface area contributed by atoms with Crippen LogP contribution in [0.2, 0.25) is 0 Å². The summed E-state index contributed by atoms with van der Waals surface area (Å²) in [6.45, 7) is 5.08. The second kappa shape index (κ2) is 5.77. The maximum absolute atomic E-state index is 9.09. The SMILES string of the molecule is CC/C(C)=N/OC1(C)OC(N)=C(C#N)C1=C(C#N)C#N. The maximum atomic E-state index is 9.09. The molecule has 7 heteroatoms. The van der Waals surface area contributed by atoms with Crippen molar-refractivity contribution in [3.63, 3.8) is 0 Å². The molecule has 1 atom stereocenters. The van der Waals surface area contributed by atoms with E-state index in [9.17, 15) is 0 Å². The molecule has 102 valence electrons. The number of nitriles is 3. The second-order valence-corrected chi connectivity index (χ2v) is 4.14. The number of hydrogen-bond acceptors (Lipinski definition) is 7. The number of ether oxygens (including phenoxy) is 1. The van der Waals surface area contributed by atoms with Crippen molar-refractivity contribution in [2.24, 2.45) is 10.9 Å². The number of rotatable bonds is 3. The summed E-state index contributed by atoms with van der Waals surface area (Å²) in [7, 11) is 0. The van der Waals surface area contributed by atoms with Crippen LogP contribution in [0.25, 0.3) is 0 Å². The molecule has 0 aliphatic carbocycles. The van der Waals surface area contributed by atoms with Crippen LogP contribution in [0.1, 0.15) is 27.2 Å². The second-order valence-electron chi connectivity index (χ2n) is 4.14. The minimum atomic E-state index is -1.56. The van der Waals surface area contributed by atoms with Gasteiger partial charge in [0.15, 0.2) is 0 Å². The molecule has 0 aromatic heterocycles.